The minimum absolute atomic E-state index is 0.0807. The maximum absolute atomic E-state index is 4.29. The molecule has 0 spiro atoms. The summed E-state index contributed by atoms with van der Waals surface area (Å²) in [6.45, 7) is 4.47. The van der Waals surface area contributed by atoms with Crippen LogP contribution >= 0.6 is 0 Å². The molecule has 2 aromatic rings. The Bertz CT molecular complexity index is 747. The topological polar surface area (TPSA) is 153 Å². The van der Waals surface area contributed by atoms with Crippen LogP contribution in [0.4, 0.5) is 0 Å². The van der Waals surface area contributed by atoms with Gasteiger partial charge in [0, 0.05) is 6.54 Å². The lowest BCUT2D eigenvalue weighted by Crippen LogP contribution is -2.11. The van der Waals surface area contributed by atoms with Crippen molar-refractivity contribution in [3.05, 3.63) is 17.1 Å². The Morgan fingerprint density at radius 1 is 0.682 bits per heavy atom. The van der Waals surface area contributed by atoms with Crippen LogP contribution in [0.5, 0.6) is 0 Å². The molecule has 0 bridgehead atoms. The minimum atomic E-state index is 0.0807. The van der Waals surface area contributed by atoms with E-state index in [9.17, 15) is 0 Å². The first-order chi connectivity index (χ1) is 10.7. The summed E-state index contributed by atoms with van der Waals surface area (Å²) in [5, 5.41) is 40.8. The molecule has 0 aromatic carbocycles. The summed E-state index contributed by atoms with van der Waals surface area (Å²) >= 11 is 0. The third kappa shape index (κ3) is 2.94. The second-order valence-corrected chi connectivity index (χ2v) is 4.36. The van der Waals surface area contributed by atoms with Gasteiger partial charge < -0.3 is 0 Å². The van der Waals surface area contributed by atoms with Crippen molar-refractivity contribution in [2.75, 3.05) is 6.54 Å². The van der Waals surface area contributed by atoms with Crippen LogP contribution in [0.2, 0.25) is 0 Å². The van der Waals surface area contributed by atoms with Crippen LogP contribution in [0.15, 0.2) is 26.5 Å². The Hall–Kier alpha value is -3.18. The van der Waals surface area contributed by atoms with E-state index in [1.165, 1.54) is 0 Å². The van der Waals surface area contributed by atoms with Crippen LogP contribution in [0, 0.1) is 0 Å². The van der Waals surface area contributed by atoms with Crippen molar-refractivity contribution in [1.82, 2.24) is 46.2 Å². The third-order valence-electron chi connectivity index (χ3n) is 2.90. The van der Waals surface area contributed by atoms with Crippen LogP contribution < -0.4 is 0 Å². The number of aliphatic imine (C=N–C) groups is 1. The number of hydrogen-bond donors (Lipinski definition) is 0. The zero-order chi connectivity index (χ0) is 15.4. The Morgan fingerprint density at radius 2 is 1.32 bits per heavy atom. The lowest BCUT2D eigenvalue weighted by atomic mass is 10.2. The van der Waals surface area contributed by atoms with Crippen molar-refractivity contribution in [2.45, 2.75) is 20.3 Å². The van der Waals surface area contributed by atoms with E-state index in [0.717, 1.165) is 17.7 Å². The second kappa shape index (κ2) is 6.07. The highest BCUT2D eigenvalue weighted by Gasteiger charge is 2.13. The van der Waals surface area contributed by atoms with Crippen LogP contribution in [-0.2, 0) is 0 Å². The van der Waals surface area contributed by atoms with Gasteiger partial charge >= 0.3 is 0 Å². The second-order valence-electron chi connectivity index (χ2n) is 4.36. The fraction of sp³-hybridized carbons (Fsp3) is 0.400. The highest BCUT2D eigenvalue weighted by molar-refractivity contribution is 5.95. The first-order valence-corrected chi connectivity index (χ1v) is 6.33. The minimum Gasteiger partial charge on any atom is -0.261 e. The van der Waals surface area contributed by atoms with E-state index < -0.39 is 0 Å². The lowest BCUT2D eigenvalue weighted by molar-refractivity contribution is 0.676. The Kier molecular flexibility index (Phi) is 3.80. The molecule has 2 aromatic heterocycles. The van der Waals surface area contributed by atoms with E-state index in [2.05, 4.69) is 61.5 Å². The molecule has 0 amide bonds. The first-order valence-electron chi connectivity index (χ1n) is 6.33. The quantitative estimate of drug-likeness (QED) is 0.733. The number of nitrogens with zero attached hydrogens (tertiary/aromatic N) is 12. The normalized spacial score (nSPS) is 15.3. The van der Waals surface area contributed by atoms with Crippen molar-refractivity contribution in [1.29, 1.82) is 0 Å². The van der Waals surface area contributed by atoms with E-state index in [-0.39, 0.29) is 23.3 Å². The average Bonchev–Trinajstić information content (AvgIpc) is 2.57. The molecule has 0 aliphatic carbocycles. The molecule has 12 heteroatoms. The van der Waals surface area contributed by atoms with Gasteiger partial charge in [-0.05, 0) is 41.5 Å². The number of amidine groups is 1. The lowest BCUT2D eigenvalue weighted by Gasteiger charge is -2.05. The van der Waals surface area contributed by atoms with Gasteiger partial charge in [-0.1, -0.05) is 0 Å². The smallest absolute Gasteiger partial charge is 0.248 e. The molecular formula is C10H10N12. The standard InChI is InChI=1S/C10H10N12/c1-5-3-4-11-7(13-12-6(5)2)8-14-16-9(17-15-8)10-18-20-22-21-19-10/h3-4H2,1-2H3. The maximum atomic E-state index is 4.29. The monoisotopic (exact) mass is 298 g/mol. The molecule has 12 nitrogen and oxygen atoms in total. The summed E-state index contributed by atoms with van der Waals surface area (Å²) < 4.78 is 0. The first kappa shape index (κ1) is 13.8. The average molecular weight is 298 g/mol. The molecule has 1 aliphatic rings. The van der Waals surface area contributed by atoms with Crippen LogP contribution in [0.3, 0.4) is 0 Å². The summed E-state index contributed by atoms with van der Waals surface area (Å²) in [6, 6.07) is 0. The van der Waals surface area contributed by atoms with E-state index in [0.29, 0.717) is 6.54 Å². The van der Waals surface area contributed by atoms with E-state index in [1.54, 1.807) is 0 Å². The van der Waals surface area contributed by atoms with Gasteiger partial charge in [-0.2, -0.15) is 5.11 Å². The molecule has 3 heterocycles. The Balaban J connectivity index is 1.87. The summed E-state index contributed by atoms with van der Waals surface area (Å²) in [5.41, 5.74) is 2.00. The molecule has 0 saturated heterocycles. The van der Waals surface area contributed by atoms with Crippen molar-refractivity contribution in [2.24, 2.45) is 15.2 Å². The molecule has 0 fully saturated rings. The molecule has 0 N–H and O–H groups in total. The number of aromatic nitrogens is 9. The molecule has 110 valence electrons. The van der Waals surface area contributed by atoms with Crippen molar-refractivity contribution >= 4 is 5.84 Å². The highest BCUT2D eigenvalue weighted by atomic mass is 15.5. The molecule has 0 radical (unpaired) electrons. The molecule has 0 unspecified atom stereocenters. The van der Waals surface area contributed by atoms with Gasteiger partial charge in [-0.25, -0.2) is 0 Å². The fourth-order valence-corrected chi connectivity index (χ4v) is 1.53. The Labute approximate surface area is 123 Å². The molecule has 0 atom stereocenters. The largest absolute Gasteiger partial charge is 0.261 e. The van der Waals surface area contributed by atoms with Gasteiger partial charge in [0.2, 0.25) is 23.3 Å². The van der Waals surface area contributed by atoms with E-state index >= 15 is 0 Å². The Morgan fingerprint density at radius 3 is 2.05 bits per heavy atom. The predicted octanol–water partition coefficient (Wildman–Crippen LogP) is -0.195. The third-order valence-corrected chi connectivity index (χ3v) is 2.90. The molecule has 3 rings (SSSR count). The van der Waals surface area contributed by atoms with Crippen molar-refractivity contribution in [3.63, 3.8) is 0 Å². The van der Waals surface area contributed by atoms with Gasteiger partial charge in [-0.3, -0.25) is 4.99 Å². The van der Waals surface area contributed by atoms with Crippen molar-refractivity contribution in [3.8, 4) is 11.6 Å². The summed E-state index contributed by atoms with van der Waals surface area (Å²) in [5.74, 6) is 0.624. The number of rotatable bonds is 2. The van der Waals surface area contributed by atoms with Gasteiger partial charge in [0.1, 0.15) is 0 Å². The van der Waals surface area contributed by atoms with Crippen LogP contribution in [0.25, 0.3) is 11.6 Å². The molecular weight excluding hydrogens is 288 g/mol. The summed E-state index contributed by atoms with van der Waals surface area (Å²) in [4.78, 5) is 4.29. The fourth-order valence-electron chi connectivity index (χ4n) is 1.53. The van der Waals surface area contributed by atoms with Gasteiger partial charge in [-0.15, -0.1) is 35.7 Å². The SMILES string of the molecule is CC1=C(C)N=NC(c2nnc(-c3nnnnn3)nn2)=NCC1. The number of allylic oxidation sites excluding steroid dienone is 1. The molecule has 1 aliphatic heterocycles. The maximum Gasteiger partial charge on any atom is 0.248 e. The zero-order valence-corrected chi connectivity index (χ0v) is 11.8. The molecule has 22 heavy (non-hydrogen) atoms. The van der Waals surface area contributed by atoms with Crippen molar-refractivity contribution < 1.29 is 0 Å². The molecule has 0 saturated carbocycles. The summed E-state index contributed by atoms with van der Waals surface area (Å²) in [7, 11) is 0. The van der Waals surface area contributed by atoms with E-state index in [1.807, 2.05) is 13.8 Å². The number of hydrogen-bond acceptors (Lipinski definition) is 12. The van der Waals surface area contributed by atoms with Crippen LogP contribution in [0.1, 0.15) is 26.1 Å². The summed E-state index contributed by atoms with van der Waals surface area (Å²) in [6.07, 6.45) is 0.801. The van der Waals surface area contributed by atoms with Gasteiger partial charge in [0.05, 0.1) is 5.70 Å². The van der Waals surface area contributed by atoms with E-state index in [4.69, 9.17) is 0 Å². The van der Waals surface area contributed by atoms with Gasteiger partial charge in [0.15, 0.2) is 0 Å². The predicted molar refractivity (Wildman–Crippen MR) is 71.3 cm³/mol. The van der Waals surface area contributed by atoms with Crippen LogP contribution in [-0.4, -0.2) is 58.6 Å². The highest BCUT2D eigenvalue weighted by Crippen LogP contribution is 2.13. The van der Waals surface area contributed by atoms with Gasteiger partial charge in [0.25, 0.3) is 0 Å². The number of azo groups is 1. The zero-order valence-electron chi connectivity index (χ0n) is 11.8.